The summed E-state index contributed by atoms with van der Waals surface area (Å²) in [6, 6.07) is -1.25. The molecule has 3 fully saturated rings. The van der Waals surface area contributed by atoms with Gasteiger partial charge in [0.15, 0.2) is 0 Å². The number of amides is 2. The summed E-state index contributed by atoms with van der Waals surface area (Å²) in [6.07, 6.45) is 1.87. The van der Waals surface area contributed by atoms with E-state index in [4.69, 9.17) is 10.5 Å². The van der Waals surface area contributed by atoms with Crippen LogP contribution in [0.4, 0.5) is 0 Å². The molecule has 3 rings (SSSR count). The van der Waals surface area contributed by atoms with Gasteiger partial charge in [-0.1, -0.05) is 27.7 Å². The normalized spacial score (nSPS) is 40.3. The minimum absolute atomic E-state index is 0.101. The summed E-state index contributed by atoms with van der Waals surface area (Å²) in [4.78, 5) is 28.8. The lowest BCUT2D eigenvalue weighted by molar-refractivity contribution is -0.318. The van der Waals surface area contributed by atoms with Crippen LogP contribution in [-0.4, -0.2) is 57.0 Å². The first-order valence-electron chi connectivity index (χ1n) is 8.48. The number of hydrogen-bond donors (Lipinski definition) is 2. The molecule has 3 N–H and O–H groups in total. The van der Waals surface area contributed by atoms with E-state index >= 15 is 0 Å². The quantitative estimate of drug-likeness (QED) is 0.774. The fourth-order valence-corrected chi connectivity index (χ4v) is 4.01. The summed E-state index contributed by atoms with van der Waals surface area (Å²) >= 11 is 0. The first-order chi connectivity index (χ1) is 10.6. The van der Waals surface area contributed by atoms with Gasteiger partial charge in [-0.15, -0.1) is 0 Å². The van der Waals surface area contributed by atoms with Crippen LogP contribution in [0.3, 0.4) is 0 Å². The fourth-order valence-electron chi connectivity index (χ4n) is 4.01. The Kier molecular flexibility index (Phi) is 3.74. The lowest BCUT2D eigenvalue weighted by Gasteiger charge is -2.49. The lowest BCUT2D eigenvalue weighted by Crippen LogP contribution is -2.71. The van der Waals surface area contributed by atoms with Crippen LogP contribution in [0.1, 0.15) is 47.0 Å². The Morgan fingerprint density at radius 3 is 2.57 bits per heavy atom. The zero-order valence-electron chi connectivity index (χ0n) is 14.3. The molecule has 3 aliphatic rings. The molecule has 7 nitrogen and oxygen atoms in total. The van der Waals surface area contributed by atoms with E-state index < -0.39 is 29.6 Å². The first kappa shape index (κ1) is 16.7. The average molecular weight is 325 g/mol. The number of rotatable bonds is 3. The molecule has 2 amide bonds. The molecule has 0 aromatic rings. The highest BCUT2D eigenvalue weighted by Gasteiger charge is 2.70. The maximum absolute atomic E-state index is 13.0. The number of fused-ring (bicyclic) bond motifs is 3. The summed E-state index contributed by atoms with van der Waals surface area (Å²) in [5, 5.41) is 11.2. The maximum Gasteiger partial charge on any atom is 0.275 e. The van der Waals surface area contributed by atoms with Gasteiger partial charge in [-0.3, -0.25) is 25.0 Å². The summed E-state index contributed by atoms with van der Waals surface area (Å²) in [6.45, 7) is 8.13. The van der Waals surface area contributed by atoms with Gasteiger partial charge in [-0.25, -0.2) is 0 Å². The number of carbonyl (C=O) groups is 2. The van der Waals surface area contributed by atoms with Crippen molar-refractivity contribution in [2.45, 2.75) is 70.7 Å². The molecule has 0 unspecified atom stereocenters. The second-order valence-corrected chi connectivity index (χ2v) is 7.72. The van der Waals surface area contributed by atoms with Crippen molar-refractivity contribution >= 4 is 11.8 Å². The van der Waals surface area contributed by atoms with Gasteiger partial charge in [-0.05, 0) is 25.2 Å². The third kappa shape index (κ3) is 2.13. The topological polar surface area (TPSA) is 96.1 Å². The highest BCUT2D eigenvalue weighted by atomic mass is 16.7. The second kappa shape index (κ2) is 5.16. The van der Waals surface area contributed by atoms with E-state index in [2.05, 4.69) is 0 Å². The molecular formula is C16H27N3O4. The highest BCUT2D eigenvalue weighted by molar-refractivity contribution is 5.94. The molecule has 23 heavy (non-hydrogen) atoms. The number of aliphatic hydroxyl groups is 1. The number of piperazine rings is 1. The van der Waals surface area contributed by atoms with Gasteiger partial charge in [0.25, 0.3) is 11.8 Å². The number of carbonyl (C=O) groups excluding carboxylic acids is 2. The summed E-state index contributed by atoms with van der Waals surface area (Å²) in [5.74, 6) is -2.52. The Hall–Kier alpha value is -1.18. The van der Waals surface area contributed by atoms with Gasteiger partial charge < -0.3 is 10.0 Å². The van der Waals surface area contributed by atoms with Gasteiger partial charge in [0.1, 0.15) is 12.1 Å². The monoisotopic (exact) mass is 325 g/mol. The Morgan fingerprint density at radius 2 is 2.00 bits per heavy atom. The number of ether oxygens (including phenoxy) is 1. The molecule has 0 aromatic heterocycles. The summed E-state index contributed by atoms with van der Waals surface area (Å²) < 4.78 is 5.80. The second-order valence-electron chi connectivity index (χ2n) is 7.72. The minimum Gasteiger partial charge on any atom is -0.347 e. The van der Waals surface area contributed by atoms with Gasteiger partial charge in [0, 0.05) is 12.5 Å². The molecule has 0 spiro atoms. The van der Waals surface area contributed by atoms with Crippen molar-refractivity contribution in [1.29, 1.82) is 0 Å². The molecule has 3 heterocycles. The molecule has 130 valence electrons. The fraction of sp³-hybridized carbons (Fsp3) is 0.875. The summed E-state index contributed by atoms with van der Waals surface area (Å²) in [7, 11) is 0. The van der Waals surface area contributed by atoms with E-state index in [0.717, 1.165) is 6.42 Å². The highest BCUT2D eigenvalue weighted by Crippen LogP contribution is 2.47. The minimum atomic E-state index is -1.82. The molecule has 3 aliphatic heterocycles. The molecule has 0 aliphatic carbocycles. The van der Waals surface area contributed by atoms with Crippen LogP contribution in [0.5, 0.6) is 0 Å². The van der Waals surface area contributed by atoms with E-state index in [9.17, 15) is 14.7 Å². The van der Waals surface area contributed by atoms with Crippen LogP contribution in [-0.2, 0) is 14.3 Å². The van der Waals surface area contributed by atoms with Crippen LogP contribution >= 0.6 is 0 Å². The van der Waals surface area contributed by atoms with Crippen molar-refractivity contribution in [2.75, 3.05) is 6.54 Å². The van der Waals surface area contributed by atoms with E-state index in [1.54, 1.807) is 18.7 Å². The zero-order chi connectivity index (χ0) is 17.2. The van der Waals surface area contributed by atoms with Crippen LogP contribution in [0, 0.1) is 11.8 Å². The van der Waals surface area contributed by atoms with Gasteiger partial charge in [-0.2, -0.15) is 0 Å². The predicted molar refractivity (Wildman–Crippen MR) is 82.6 cm³/mol. The van der Waals surface area contributed by atoms with E-state index in [1.165, 1.54) is 4.90 Å². The molecular weight excluding hydrogens is 298 g/mol. The Labute approximate surface area is 136 Å². The van der Waals surface area contributed by atoms with Crippen LogP contribution < -0.4 is 5.73 Å². The van der Waals surface area contributed by atoms with Crippen molar-refractivity contribution in [3.8, 4) is 0 Å². The van der Waals surface area contributed by atoms with Crippen LogP contribution in [0.2, 0.25) is 0 Å². The van der Waals surface area contributed by atoms with Crippen molar-refractivity contribution in [3.05, 3.63) is 0 Å². The van der Waals surface area contributed by atoms with Crippen LogP contribution in [0.25, 0.3) is 0 Å². The van der Waals surface area contributed by atoms with Gasteiger partial charge in [0.2, 0.25) is 11.6 Å². The number of nitrogens with zero attached hydrogens (tertiary/aromatic N) is 2. The Morgan fingerprint density at radius 1 is 1.35 bits per heavy atom. The lowest BCUT2D eigenvalue weighted by atomic mass is 9.94. The third-order valence-electron chi connectivity index (χ3n) is 5.34. The first-order valence-corrected chi connectivity index (χ1v) is 8.48. The van der Waals surface area contributed by atoms with Crippen molar-refractivity contribution in [2.24, 2.45) is 17.6 Å². The van der Waals surface area contributed by atoms with Gasteiger partial charge in [0.05, 0.1) is 0 Å². The molecule has 0 bridgehead atoms. The summed E-state index contributed by atoms with van der Waals surface area (Å²) in [5.41, 5.74) is 4.61. The zero-order valence-corrected chi connectivity index (χ0v) is 14.3. The smallest absolute Gasteiger partial charge is 0.275 e. The van der Waals surface area contributed by atoms with Crippen molar-refractivity contribution < 1.29 is 19.4 Å². The van der Waals surface area contributed by atoms with Crippen molar-refractivity contribution in [3.63, 3.8) is 0 Å². The van der Waals surface area contributed by atoms with Crippen molar-refractivity contribution in [1.82, 2.24) is 9.80 Å². The molecule has 0 aromatic carbocycles. The molecule has 7 heteroatoms. The largest absolute Gasteiger partial charge is 0.347 e. The molecule has 3 saturated heterocycles. The number of hydrogen-bond acceptors (Lipinski definition) is 5. The third-order valence-corrected chi connectivity index (χ3v) is 5.34. The molecule has 4 atom stereocenters. The Bertz CT molecular complexity index is 537. The van der Waals surface area contributed by atoms with E-state index in [-0.39, 0.29) is 17.7 Å². The number of nitrogens with two attached hydrogens (primary N) is 1. The average Bonchev–Trinajstić information content (AvgIpc) is 3.00. The SMILES string of the molecule is CC(C)C[C@H]1C(=O)N2CCC[C@@H]2[C@]2(O)O[C@](N)(C(C)C)C(=O)N12. The standard InChI is InChI=1S/C16H27N3O4/c1-9(2)8-11-13(20)18-7-5-6-12(18)16(22)19(11)14(21)15(17,23-16)10(3)4/h9-12,22H,5-8,17H2,1-4H3/t11-,12+,15+,16-/m0/s1. The van der Waals surface area contributed by atoms with E-state index in [1.807, 2.05) is 13.8 Å². The van der Waals surface area contributed by atoms with Gasteiger partial charge >= 0.3 is 0 Å². The predicted octanol–water partition coefficient (Wildman–Crippen LogP) is 0.222. The Balaban J connectivity index is 2.08. The molecule has 0 radical (unpaired) electrons. The van der Waals surface area contributed by atoms with Crippen LogP contribution in [0.15, 0.2) is 0 Å². The van der Waals surface area contributed by atoms with E-state index in [0.29, 0.717) is 19.4 Å². The maximum atomic E-state index is 13.0. The molecule has 0 saturated carbocycles.